The molecule has 0 aliphatic rings. The number of methoxy groups -OCH3 is 2. The van der Waals surface area contributed by atoms with Gasteiger partial charge in [-0.2, -0.15) is 0 Å². The van der Waals surface area contributed by atoms with Crippen molar-refractivity contribution < 1.29 is 9.47 Å². The lowest BCUT2D eigenvalue weighted by molar-refractivity contribution is 0.394. The summed E-state index contributed by atoms with van der Waals surface area (Å²) >= 11 is 6.02. The molecule has 0 bridgehead atoms. The van der Waals surface area contributed by atoms with Crippen LogP contribution in [0.1, 0.15) is 22.7 Å². The molecule has 21 heavy (non-hydrogen) atoms. The van der Waals surface area contributed by atoms with Crippen LogP contribution in [0.4, 0.5) is 0 Å². The summed E-state index contributed by atoms with van der Waals surface area (Å²) < 4.78 is 10.7. The molecule has 0 saturated carbocycles. The lowest BCUT2D eigenvalue weighted by Gasteiger charge is -2.22. The largest absolute Gasteiger partial charge is 0.497 e. The predicted octanol–water partition coefficient (Wildman–Crippen LogP) is 3.22. The lowest BCUT2D eigenvalue weighted by atomic mass is 9.94. The highest BCUT2D eigenvalue weighted by Crippen LogP contribution is 2.34. The molecule has 0 saturated heterocycles. The first-order valence-electron chi connectivity index (χ1n) is 6.54. The molecule has 0 aliphatic carbocycles. The molecule has 0 heterocycles. The molecule has 1 unspecified atom stereocenters. The van der Waals surface area contributed by atoms with Gasteiger partial charge in [-0.15, -0.1) is 0 Å². The van der Waals surface area contributed by atoms with Crippen molar-refractivity contribution in [3.05, 3.63) is 58.1 Å². The van der Waals surface area contributed by atoms with E-state index in [1.54, 1.807) is 14.2 Å². The zero-order chi connectivity index (χ0) is 15.4. The number of benzene rings is 2. The van der Waals surface area contributed by atoms with Gasteiger partial charge < -0.3 is 9.47 Å². The number of ether oxygens (including phenoxy) is 2. The Morgan fingerprint density at radius 2 is 1.81 bits per heavy atom. The number of hydrogen-bond acceptors (Lipinski definition) is 4. The topological polar surface area (TPSA) is 56.5 Å². The number of nitrogens with one attached hydrogen (secondary N) is 1. The standard InChI is InChI=1S/C16H19ClN2O2/c1-10-8-11(17)4-6-13(10)16(19-18)14-9-12(20-2)5-7-15(14)21-3/h4-9,16,19H,18H2,1-3H3. The second-order valence-electron chi connectivity index (χ2n) is 4.71. The minimum absolute atomic E-state index is 0.215. The Balaban J connectivity index is 2.54. The number of hydrazine groups is 1. The zero-order valence-corrected chi connectivity index (χ0v) is 13.1. The van der Waals surface area contributed by atoms with Crippen LogP contribution in [0.3, 0.4) is 0 Å². The van der Waals surface area contributed by atoms with Gasteiger partial charge in [0.05, 0.1) is 20.3 Å². The molecule has 0 amide bonds. The van der Waals surface area contributed by atoms with Crippen LogP contribution in [0, 0.1) is 6.92 Å². The van der Waals surface area contributed by atoms with E-state index in [0.717, 1.165) is 28.2 Å². The van der Waals surface area contributed by atoms with Crippen molar-refractivity contribution in [2.24, 2.45) is 5.84 Å². The molecule has 2 aromatic carbocycles. The Bertz CT molecular complexity index is 632. The van der Waals surface area contributed by atoms with Crippen LogP contribution in [0.25, 0.3) is 0 Å². The summed E-state index contributed by atoms with van der Waals surface area (Å²) in [6, 6.07) is 11.1. The minimum atomic E-state index is -0.215. The molecule has 0 spiro atoms. The van der Waals surface area contributed by atoms with E-state index in [4.69, 9.17) is 26.9 Å². The number of aryl methyl sites for hydroxylation is 1. The first kappa shape index (κ1) is 15.6. The van der Waals surface area contributed by atoms with Crippen LogP contribution in [0.15, 0.2) is 36.4 Å². The van der Waals surface area contributed by atoms with E-state index in [1.807, 2.05) is 43.3 Å². The lowest BCUT2D eigenvalue weighted by Crippen LogP contribution is -2.29. The number of nitrogens with two attached hydrogens (primary N) is 1. The smallest absolute Gasteiger partial charge is 0.124 e. The zero-order valence-electron chi connectivity index (χ0n) is 12.3. The predicted molar refractivity (Wildman–Crippen MR) is 84.9 cm³/mol. The van der Waals surface area contributed by atoms with Crippen LogP contribution in [0.5, 0.6) is 11.5 Å². The maximum Gasteiger partial charge on any atom is 0.124 e. The Labute approximate surface area is 129 Å². The molecule has 0 aliphatic heterocycles. The molecule has 0 radical (unpaired) electrons. The summed E-state index contributed by atoms with van der Waals surface area (Å²) in [4.78, 5) is 0. The van der Waals surface area contributed by atoms with Crippen LogP contribution in [0.2, 0.25) is 5.02 Å². The number of halogens is 1. The summed E-state index contributed by atoms with van der Waals surface area (Å²) in [7, 11) is 3.26. The van der Waals surface area contributed by atoms with E-state index in [9.17, 15) is 0 Å². The fourth-order valence-corrected chi connectivity index (χ4v) is 2.60. The third kappa shape index (κ3) is 3.29. The Hall–Kier alpha value is -1.75. The summed E-state index contributed by atoms with van der Waals surface area (Å²) in [5.74, 6) is 7.27. The molecular formula is C16H19ClN2O2. The van der Waals surface area contributed by atoms with Crippen molar-refractivity contribution in [3.63, 3.8) is 0 Å². The SMILES string of the molecule is COc1ccc(OC)c(C(NN)c2ccc(Cl)cc2C)c1. The normalized spacial score (nSPS) is 12.0. The van der Waals surface area contributed by atoms with Crippen molar-refractivity contribution in [3.8, 4) is 11.5 Å². The summed E-state index contributed by atoms with van der Waals surface area (Å²) in [6.07, 6.45) is 0. The Morgan fingerprint density at radius 3 is 2.38 bits per heavy atom. The van der Waals surface area contributed by atoms with E-state index in [0.29, 0.717) is 5.02 Å². The molecule has 2 aromatic rings. The van der Waals surface area contributed by atoms with Gasteiger partial charge in [-0.1, -0.05) is 17.7 Å². The number of hydrogen-bond donors (Lipinski definition) is 2. The molecule has 2 rings (SSSR count). The highest BCUT2D eigenvalue weighted by atomic mass is 35.5. The maximum atomic E-state index is 6.02. The highest BCUT2D eigenvalue weighted by molar-refractivity contribution is 6.30. The van der Waals surface area contributed by atoms with Crippen molar-refractivity contribution in [1.82, 2.24) is 5.43 Å². The summed E-state index contributed by atoms with van der Waals surface area (Å²) in [5.41, 5.74) is 5.84. The molecule has 1 atom stereocenters. The molecular weight excluding hydrogens is 288 g/mol. The van der Waals surface area contributed by atoms with Gasteiger partial charge in [-0.25, -0.2) is 5.43 Å². The number of rotatable bonds is 5. The molecule has 112 valence electrons. The van der Waals surface area contributed by atoms with Gasteiger partial charge in [0.2, 0.25) is 0 Å². The van der Waals surface area contributed by atoms with Gasteiger partial charge in [-0.05, 0) is 48.4 Å². The van der Waals surface area contributed by atoms with Gasteiger partial charge >= 0.3 is 0 Å². The average Bonchev–Trinajstić information content (AvgIpc) is 2.49. The molecule has 0 fully saturated rings. The molecule has 3 N–H and O–H groups in total. The van der Waals surface area contributed by atoms with Crippen LogP contribution >= 0.6 is 11.6 Å². The van der Waals surface area contributed by atoms with Crippen molar-refractivity contribution in [2.75, 3.05) is 14.2 Å². The van der Waals surface area contributed by atoms with Gasteiger partial charge in [0.1, 0.15) is 11.5 Å². The quantitative estimate of drug-likeness (QED) is 0.658. The summed E-state index contributed by atoms with van der Waals surface area (Å²) in [6.45, 7) is 2.00. The fraction of sp³-hybridized carbons (Fsp3) is 0.250. The van der Waals surface area contributed by atoms with Crippen molar-refractivity contribution >= 4 is 11.6 Å². The molecule has 5 heteroatoms. The Morgan fingerprint density at radius 1 is 1.05 bits per heavy atom. The fourth-order valence-electron chi connectivity index (χ4n) is 2.38. The van der Waals surface area contributed by atoms with Gasteiger partial charge in [-0.3, -0.25) is 5.84 Å². The van der Waals surface area contributed by atoms with E-state index >= 15 is 0 Å². The van der Waals surface area contributed by atoms with E-state index < -0.39 is 0 Å². The maximum absolute atomic E-state index is 6.02. The van der Waals surface area contributed by atoms with Crippen molar-refractivity contribution in [2.45, 2.75) is 13.0 Å². The second kappa shape index (κ2) is 6.80. The highest BCUT2D eigenvalue weighted by Gasteiger charge is 2.19. The molecule has 0 aromatic heterocycles. The van der Waals surface area contributed by atoms with Gasteiger partial charge in [0.25, 0.3) is 0 Å². The first-order chi connectivity index (χ1) is 10.1. The van der Waals surface area contributed by atoms with Crippen LogP contribution < -0.4 is 20.7 Å². The third-order valence-corrected chi connectivity index (χ3v) is 3.69. The average molecular weight is 307 g/mol. The van der Waals surface area contributed by atoms with Crippen LogP contribution in [-0.2, 0) is 0 Å². The van der Waals surface area contributed by atoms with E-state index in [-0.39, 0.29) is 6.04 Å². The van der Waals surface area contributed by atoms with Gasteiger partial charge in [0.15, 0.2) is 0 Å². The van der Waals surface area contributed by atoms with E-state index in [2.05, 4.69) is 5.43 Å². The Kier molecular flexibility index (Phi) is 5.07. The van der Waals surface area contributed by atoms with E-state index in [1.165, 1.54) is 0 Å². The summed E-state index contributed by atoms with van der Waals surface area (Å²) in [5, 5.41) is 0.699. The minimum Gasteiger partial charge on any atom is -0.497 e. The van der Waals surface area contributed by atoms with Gasteiger partial charge in [0, 0.05) is 10.6 Å². The van der Waals surface area contributed by atoms with Crippen molar-refractivity contribution in [1.29, 1.82) is 0 Å². The third-order valence-electron chi connectivity index (χ3n) is 3.46. The monoisotopic (exact) mass is 306 g/mol. The molecule has 4 nitrogen and oxygen atoms in total. The second-order valence-corrected chi connectivity index (χ2v) is 5.14. The first-order valence-corrected chi connectivity index (χ1v) is 6.92. The van der Waals surface area contributed by atoms with Crippen LogP contribution in [-0.4, -0.2) is 14.2 Å².